The number of ether oxygens (including phenoxy) is 1. The Bertz CT molecular complexity index is 767. The first-order valence-corrected chi connectivity index (χ1v) is 5.62. The van der Waals surface area contributed by atoms with Gasteiger partial charge in [-0.25, -0.2) is 4.98 Å². The molecule has 0 radical (unpaired) electrons. The van der Waals surface area contributed by atoms with E-state index in [0.29, 0.717) is 0 Å². The van der Waals surface area contributed by atoms with E-state index in [1.165, 1.54) is 0 Å². The fourth-order valence-corrected chi connectivity index (χ4v) is 1.99. The number of hydrogen-bond donors (Lipinski definition) is 3. The minimum atomic E-state index is -2.94. The average Bonchev–Trinajstić information content (AvgIpc) is 2.90. The van der Waals surface area contributed by atoms with Crippen molar-refractivity contribution < 1.29 is 20.4 Å². The van der Waals surface area contributed by atoms with E-state index in [0.717, 1.165) is 10.9 Å². The highest BCUT2D eigenvalue weighted by molar-refractivity contribution is 6.28. The van der Waals surface area contributed by atoms with Gasteiger partial charge in [-0.05, 0) is 11.6 Å². The minimum Gasteiger partial charge on any atom is -0.394 e. The highest BCUT2D eigenvalue weighted by atomic mass is 35.5. The minimum absolute atomic E-state index is 0.0214. The molecule has 0 aromatic carbocycles. The van der Waals surface area contributed by atoms with Crippen molar-refractivity contribution in [3.63, 3.8) is 0 Å². The molecular formula is C10H12ClN5O3. The number of hydrogen-bond acceptors (Lipinski definition) is 7. The maximum absolute atomic E-state index is 9.99. The van der Waals surface area contributed by atoms with E-state index in [-0.39, 0.29) is 22.3 Å². The molecule has 9 heteroatoms. The van der Waals surface area contributed by atoms with Gasteiger partial charge in [-0.1, -0.05) is 0 Å². The molecule has 1 fully saturated rings. The smallest absolute Gasteiger partial charge is 0.226 e. The van der Waals surface area contributed by atoms with Crippen molar-refractivity contribution in [1.29, 1.82) is 0 Å². The normalized spacial score (nSPS) is 33.7. The first-order valence-electron chi connectivity index (χ1n) is 7.25. The molecule has 0 bridgehead atoms. The fourth-order valence-electron chi connectivity index (χ4n) is 1.82. The summed E-state index contributed by atoms with van der Waals surface area (Å²) in [5.41, 5.74) is 5.87. The molecule has 0 unspecified atom stereocenters. The van der Waals surface area contributed by atoms with Crippen molar-refractivity contribution in [2.45, 2.75) is 24.8 Å². The summed E-state index contributed by atoms with van der Waals surface area (Å²) in [5, 5.41) is 19.2. The second-order valence-electron chi connectivity index (χ2n) is 3.85. The molecule has 0 saturated carbocycles. The summed E-state index contributed by atoms with van der Waals surface area (Å²) in [4.78, 5) is 11.6. The highest BCUT2D eigenvalue weighted by Crippen LogP contribution is 2.31. The average molecular weight is 290 g/mol. The van der Waals surface area contributed by atoms with Crippen molar-refractivity contribution in [3.8, 4) is 0 Å². The van der Waals surface area contributed by atoms with E-state index in [9.17, 15) is 10.2 Å². The van der Waals surface area contributed by atoms with Gasteiger partial charge in [0.1, 0.15) is 17.8 Å². The summed E-state index contributed by atoms with van der Waals surface area (Å²) in [6.07, 6.45) is -6.48. The number of imidazole rings is 1. The molecule has 1 aliphatic rings. The Morgan fingerprint density at radius 3 is 3.16 bits per heavy atom. The third-order valence-electron chi connectivity index (χ3n) is 2.68. The summed E-state index contributed by atoms with van der Waals surface area (Å²) < 4.78 is 36.8. The predicted octanol–water partition coefficient (Wildman–Crippen LogP) is -0.297. The van der Waals surface area contributed by atoms with Gasteiger partial charge in [0.2, 0.25) is 5.28 Å². The third kappa shape index (κ3) is 2.02. The Labute approximate surface area is 118 Å². The molecule has 1 saturated heterocycles. The first-order chi connectivity index (χ1) is 10.5. The Morgan fingerprint density at radius 1 is 1.68 bits per heavy atom. The number of aromatic nitrogens is 4. The summed E-state index contributed by atoms with van der Waals surface area (Å²) in [6, 6.07) is 0. The van der Waals surface area contributed by atoms with E-state index < -0.39 is 31.4 Å². The lowest BCUT2D eigenvalue weighted by Crippen LogP contribution is -2.24. The van der Waals surface area contributed by atoms with Gasteiger partial charge in [-0.15, -0.1) is 0 Å². The number of halogens is 1. The molecule has 3 heterocycles. The molecule has 102 valence electrons. The Balaban J connectivity index is 2.12. The Hall–Kier alpha value is -1.48. The zero-order valence-electron chi connectivity index (χ0n) is 13.4. The van der Waals surface area contributed by atoms with Crippen LogP contribution in [0.3, 0.4) is 0 Å². The van der Waals surface area contributed by atoms with Crippen LogP contribution < -0.4 is 5.73 Å². The van der Waals surface area contributed by atoms with Gasteiger partial charge in [-0.2, -0.15) is 9.97 Å². The second kappa shape index (κ2) is 4.57. The number of rotatable bonds is 2. The molecule has 19 heavy (non-hydrogen) atoms. The van der Waals surface area contributed by atoms with Crippen LogP contribution in [0.1, 0.15) is 18.1 Å². The van der Waals surface area contributed by atoms with Crippen LogP contribution in [0.4, 0.5) is 5.82 Å². The van der Waals surface area contributed by atoms with Crippen LogP contribution in [0.5, 0.6) is 0 Å². The van der Waals surface area contributed by atoms with Crippen molar-refractivity contribution in [1.82, 2.24) is 19.5 Å². The molecule has 1 aliphatic heterocycles. The van der Waals surface area contributed by atoms with Crippen LogP contribution in [0, 0.1) is 0 Å². The van der Waals surface area contributed by atoms with E-state index in [1.807, 2.05) is 0 Å². The van der Waals surface area contributed by atoms with Crippen LogP contribution in [0.2, 0.25) is 5.28 Å². The molecule has 8 nitrogen and oxygen atoms in total. The van der Waals surface area contributed by atoms with Gasteiger partial charge in [0.05, 0.1) is 21.7 Å². The van der Waals surface area contributed by atoms with E-state index in [1.54, 1.807) is 0 Å². The molecule has 2 aromatic rings. The molecule has 3 rings (SSSR count). The largest absolute Gasteiger partial charge is 0.394 e. The highest BCUT2D eigenvalue weighted by Gasteiger charge is 2.35. The number of fused-ring (bicyclic) bond motifs is 1. The topological polar surface area (TPSA) is 119 Å². The lowest BCUT2D eigenvalue weighted by Gasteiger charge is -2.13. The van der Waals surface area contributed by atoms with E-state index in [2.05, 4.69) is 15.0 Å². The first kappa shape index (κ1) is 8.64. The number of aliphatic hydroxyl groups excluding tert-OH is 1. The van der Waals surface area contributed by atoms with E-state index in [4.69, 9.17) is 27.6 Å². The number of nitrogens with two attached hydrogens (primary N) is 1. The second-order valence-corrected chi connectivity index (χ2v) is 4.19. The van der Waals surface area contributed by atoms with Crippen LogP contribution in [0.15, 0.2) is 6.33 Å². The molecule has 0 spiro atoms. The quantitative estimate of drug-likeness (QED) is 0.649. The lowest BCUT2D eigenvalue weighted by atomic mass is 10.2. The SMILES string of the molecule is [2H]C([2H])(O)[C@H]1O[C@@H](n2cnc3c(N)nc(Cl)nc32)C([2H])([2H])[C@H]1O. The summed E-state index contributed by atoms with van der Waals surface area (Å²) >= 11 is 5.73. The maximum atomic E-state index is 9.99. The maximum Gasteiger partial charge on any atom is 0.226 e. The van der Waals surface area contributed by atoms with Gasteiger partial charge in [0.25, 0.3) is 0 Å². The summed E-state index contributed by atoms with van der Waals surface area (Å²) in [6.45, 7) is -2.94. The van der Waals surface area contributed by atoms with Crippen molar-refractivity contribution in [2.24, 2.45) is 0 Å². The van der Waals surface area contributed by atoms with Crippen LogP contribution >= 0.6 is 11.6 Å². The third-order valence-corrected chi connectivity index (χ3v) is 2.85. The Morgan fingerprint density at radius 2 is 2.47 bits per heavy atom. The predicted molar refractivity (Wildman–Crippen MR) is 66.4 cm³/mol. The number of nitrogens with zero attached hydrogens (tertiary/aromatic N) is 4. The van der Waals surface area contributed by atoms with Gasteiger partial charge in [-0.3, -0.25) is 4.57 Å². The van der Waals surface area contributed by atoms with Gasteiger partial charge < -0.3 is 20.7 Å². The Kier molecular flexibility index (Phi) is 2.08. The molecule has 0 aliphatic carbocycles. The monoisotopic (exact) mass is 289 g/mol. The molecule has 4 N–H and O–H groups in total. The summed E-state index contributed by atoms with van der Waals surface area (Å²) in [5.74, 6) is -0.0214. The van der Waals surface area contributed by atoms with Gasteiger partial charge in [0.15, 0.2) is 11.5 Å². The standard InChI is InChI=1S/C10H12ClN5O3/c11-10-14-8(12)7-9(15-10)16(3-13-7)6-1-4(18)5(2-17)19-6/h3-6,17-18H,1-2H2,(H2,12,14,15)/t4-,5-,6-/m1/s1/i1D2,2D2. The fraction of sp³-hybridized carbons (Fsp3) is 0.500. The molecule has 3 atom stereocenters. The number of nitrogen functional groups attached to an aromatic ring is 1. The van der Waals surface area contributed by atoms with E-state index >= 15 is 0 Å². The molecule has 0 amide bonds. The number of aliphatic hydroxyl groups is 2. The zero-order valence-corrected chi connectivity index (χ0v) is 10.1. The van der Waals surface area contributed by atoms with Crippen LogP contribution in [-0.2, 0) is 4.74 Å². The lowest BCUT2D eigenvalue weighted by molar-refractivity contribution is -0.0432. The summed E-state index contributed by atoms with van der Waals surface area (Å²) in [7, 11) is 0. The van der Waals surface area contributed by atoms with Crippen molar-refractivity contribution in [3.05, 3.63) is 11.6 Å². The number of anilines is 1. The van der Waals surface area contributed by atoms with Crippen LogP contribution in [0.25, 0.3) is 11.2 Å². The van der Waals surface area contributed by atoms with Crippen molar-refractivity contribution >= 4 is 28.6 Å². The zero-order chi connectivity index (χ0) is 17.2. The van der Waals surface area contributed by atoms with Crippen molar-refractivity contribution in [2.75, 3.05) is 12.3 Å². The molecule has 2 aromatic heterocycles. The van der Waals surface area contributed by atoms with Gasteiger partial charge >= 0.3 is 0 Å². The molecular weight excluding hydrogens is 274 g/mol. The van der Waals surface area contributed by atoms with Crippen LogP contribution in [-0.4, -0.2) is 48.5 Å². The van der Waals surface area contributed by atoms with Gasteiger partial charge in [0, 0.05) is 9.11 Å².